The summed E-state index contributed by atoms with van der Waals surface area (Å²) < 4.78 is 0. The Bertz CT molecular complexity index is 427. The van der Waals surface area contributed by atoms with Gasteiger partial charge >= 0.3 is 0 Å². The molecule has 0 aromatic rings. The van der Waals surface area contributed by atoms with Crippen LogP contribution in [0.4, 0.5) is 0 Å². The van der Waals surface area contributed by atoms with Crippen molar-refractivity contribution in [2.24, 2.45) is 16.3 Å². The van der Waals surface area contributed by atoms with Crippen LogP contribution in [0.25, 0.3) is 0 Å². The molecule has 0 spiro atoms. The lowest BCUT2D eigenvalue weighted by molar-refractivity contribution is -0.0668. The lowest BCUT2D eigenvalue weighted by atomic mass is 9.65. The topological polar surface area (TPSA) is 34.1 Å². The molecule has 5 nitrogen and oxygen atoms in total. The number of hydrogen-bond donors (Lipinski definition) is 1. The van der Waals surface area contributed by atoms with Crippen molar-refractivity contribution in [2.45, 2.75) is 40.2 Å². The van der Waals surface area contributed by atoms with Crippen molar-refractivity contribution in [1.29, 1.82) is 0 Å². The van der Waals surface area contributed by atoms with E-state index in [9.17, 15) is 0 Å². The Labute approximate surface area is 166 Å². The maximum atomic E-state index is 4.51. The highest BCUT2D eigenvalue weighted by molar-refractivity contribution is 14.0. The first-order valence-electron chi connectivity index (χ1n) is 9.06. The smallest absolute Gasteiger partial charge is 0.194 e. The minimum absolute atomic E-state index is 0. The number of aliphatic imine (C=N–C) groups is 1. The third-order valence-electron chi connectivity index (χ3n) is 6.13. The summed E-state index contributed by atoms with van der Waals surface area (Å²) in [6, 6.07) is 0. The molecule has 24 heavy (non-hydrogen) atoms. The minimum atomic E-state index is 0. The van der Waals surface area contributed by atoms with Gasteiger partial charge in [-0.15, -0.1) is 24.0 Å². The summed E-state index contributed by atoms with van der Waals surface area (Å²) in [7, 11) is 4.11. The summed E-state index contributed by atoms with van der Waals surface area (Å²) in [5.41, 5.74) is 0.506. The number of likely N-dealkylation sites (tertiary alicyclic amines) is 1. The van der Waals surface area contributed by atoms with Gasteiger partial charge in [-0.25, -0.2) is 0 Å². The van der Waals surface area contributed by atoms with Crippen molar-refractivity contribution < 1.29 is 0 Å². The molecule has 2 rings (SSSR count). The predicted octanol–water partition coefficient (Wildman–Crippen LogP) is 2.18. The Morgan fingerprint density at radius 2 is 1.71 bits per heavy atom. The third kappa shape index (κ3) is 4.75. The van der Waals surface area contributed by atoms with E-state index in [0.29, 0.717) is 11.3 Å². The van der Waals surface area contributed by atoms with Gasteiger partial charge in [-0.05, 0) is 26.8 Å². The van der Waals surface area contributed by atoms with Gasteiger partial charge in [0.1, 0.15) is 0 Å². The number of hydrogen-bond acceptors (Lipinski definition) is 3. The Kier molecular flexibility index (Phi) is 7.81. The molecule has 142 valence electrons. The van der Waals surface area contributed by atoms with Gasteiger partial charge in [0.15, 0.2) is 5.96 Å². The fourth-order valence-corrected chi connectivity index (χ4v) is 3.50. The Morgan fingerprint density at radius 1 is 1.12 bits per heavy atom. The van der Waals surface area contributed by atoms with E-state index in [4.69, 9.17) is 0 Å². The monoisotopic (exact) mass is 451 g/mol. The van der Waals surface area contributed by atoms with Crippen LogP contribution in [0, 0.1) is 11.3 Å². The molecule has 1 unspecified atom stereocenters. The highest BCUT2D eigenvalue weighted by atomic mass is 127. The molecule has 1 atom stereocenters. The average molecular weight is 451 g/mol. The van der Waals surface area contributed by atoms with Crippen molar-refractivity contribution in [3.05, 3.63) is 0 Å². The first kappa shape index (κ1) is 22.0. The molecule has 0 radical (unpaired) electrons. The lowest BCUT2D eigenvalue weighted by Crippen LogP contribution is -2.72. The minimum Gasteiger partial charge on any atom is -0.356 e. The van der Waals surface area contributed by atoms with E-state index in [2.05, 4.69) is 66.7 Å². The first-order valence-corrected chi connectivity index (χ1v) is 9.06. The van der Waals surface area contributed by atoms with Gasteiger partial charge in [-0.2, -0.15) is 0 Å². The van der Waals surface area contributed by atoms with Crippen LogP contribution in [-0.2, 0) is 0 Å². The molecule has 2 fully saturated rings. The zero-order chi connectivity index (χ0) is 17.3. The van der Waals surface area contributed by atoms with Gasteiger partial charge in [0.2, 0.25) is 0 Å². The summed E-state index contributed by atoms with van der Waals surface area (Å²) in [5.74, 6) is 1.69. The quantitative estimate of drug-likeness (QED) is 0.404. The van der Waals surface area contributed by atoms with E-state index in [1.807, 2.05) is 7.05 Å². The van der Waals surface area contributed by atoms with Gasteiger partial charge in [0, 0.05) is 63.8 Å². The summed E-state index contributed by atoms with van der Waals surface area (Å²) in [6.07, 6.45) is 0. The van der Waals surface area contributed by atoms with E-state index in [-0.39, 0.29) is 29.5 Å². The molecule has 2 aliphatic rings. The van der Waals surface area contributed by atoms with Crippen LogP contribution in [-0.4, -0.2) is 86.1 Å². The number of halogens is 1. The molecule has 0 aromatic carbocycles. The number of guanidine groups is 1. The zero-order valence-corrected chi connectivity index (χ0v) is 19.1. The van der Waals surface area contributed by atoms with E-state index >= 15 is 0 Å². The molecular formula is C18H38IN5. The normalized spacial score (nSPS) is 25.6. The van der Waals surface area contributed by atoms with Crippen LogP contribution in [0.5, 0.6) is 0 Å². The second-order valence-corrected chi connectivity index (χ2v) is 8.67. The van der Waals surface area contributed by atoms with E-state index < -0.39 is 0 Å². The van der Waals surface area contributed by atoms with Crippen LogP contribution in [0.15, 0.2) is 4.99 Å². The largest absolute Gasteiger partial charge is 0.356 e. The second-order valence-electron chi connectivity index (χ2n) is 8.67. The van der Waals surface area contributed by atoms with Crippen LogP contribution >= 0.6 is 24.0 Å². The third-order valence-corrected chi connectivity index (χ3v) is 6.13. The summed E-state index contributed by atoms with van der Waals surface area (Å²) >= 11 is 0. The van der Waals surface area contributed by atoms with E-state index in [1.54, 1.807) is 0 Å². The fraction of sp³-hybridized carbons (Fsp3) is 0.944. The fourth-order valence-electron chi connectivity index (χ4n) is 3.50. The van der Waals surface area contributed by atoms with Crippen molar-refractivity contribution in [1.82, 2.24) is 20.0 Å². The maximum Gasteiger partial charge on any atom is 0.194 e. The molecular weight excluding hydrogens is 413 g/mol. The van der Waals surface area contributed by atoms with Gasteiger partial charge in [-0.1, -0.05) is 20.8 Å². The summed E-state index contributed by atoms with van der Waals surface area (Å²) in [6.45, 7) is 19.7. The van der Waals surface area contributed by atoms with Gasteiger partial charge in [-0.3, -0.25) is 4.99 Å². The van der Waals surface area contributed by atoms with E-state index in [1.165, 1.54) is 32.7 Å². The Morgan fingerprint density at radius 3 is 2.17 bits per heavy atom. The first-order chi connectivity index (χ1) is 10.7. The maximum absolute atomic E-state index is 4.51. The van der Waals surface area contributed by atoms with Crippen molar-refractivity contribution in [3.8, 4) is 0 Å². The van der Waals surface area contributed by atoms with Gasteiger partial charge < -0.3 is 20.0 Å². The number of nitrogens with one attached hydrogen (secondary N) is 1. The highest BCUT2D eigenvalue weighted by Gasteiger charge is 2.53. The molecule has 2 saturated heterocycles. The SMILES string of the molecule is CN=C(NCC(C)CN1CCN(C)CC1)N1CC(C)(C)C1(C)C.I. The molecule has 6 heteroatoms. The predicted molar refractivity (Wildman–Crippen MR) is 114 cm³/mol. The van der Waals surface area contributed by atoms with Crippen LogP contribution in [0.1, 0.15) is 34.6 Å². The van der Waals surface area contributed by atoms with Crippen molar-refractivity contribution >= 4 is 29.9 Å². The average Bonchev–Trinajstić information content (AvgIpc) is 2.49. The van der Waals surface area contributed by atoms with Crippen LogP contribution < -0.4 is 5.32 Å². The van der Waals surface area contributed by atoms with Crippen LogP contribution in [0.2, 0.25) is 0 Å². The van der Waals surface area contributed by atoms with Gasteiger partial charge in [0.25, 0.3) is 0 Å². The second kappa shape index (κ2) is 8.54. The molecule has 0 saturated carbocycles. The highest BCUT2D eigenvalue weighted by Crippen LogP contribution is 2.46. The molecule has 1 N–H and O–H groups in total. The number of likely N-dealkylation sites (N-methyl/N-ethyl adjacent to an activating group) is 1. The lowest BCUT2D eigenvalue weighted by Gasteiger charge is -2.62. The summed E-state index contributed by atoms with van der Waals surface area (Å²) in [5, 5.41) is 3.60. The zero-order valence-electron chi connectivity index (χ0n) is 16.7. The number of piperazine rings is 1. The Hall–Kier alpha value is -0.0800. The van der Waals surface area contributed by atoms with Crippen molar-refractivity contribution in [2.75, 3.05) is 59.9 Å². The molecule has 0 aliphatic carbocycles. The summed E-state index contributed by atoms with van der Waals surface area (Å²) in [4.78, 5) is 11.9. The molecule has 2 heterocycles. The molecule has 2 aliphatic heterocycles. The molecule has 0 amide bonds. The van der Waals surface area contributed by atoms with Crippen LogP contribution in [0.3, 0.4) is 0 Å². The number of rotatable bonds is 4. The standard InChI is InChI=1S/C18H37N5.HI/c1-15(13-22-10-8-21(7)9-11-22)12-20-16(19-6)23-14-17(2,3)18(23,4)5;/h15H,8-14H2,1-7H3,(H,19,20);1H. The number of nitrogens with zero attached hydrogens (tertiary/aromatic N) is 4. The molecule has 0 bridgehead atoms. The molecule has 0 aromatic heterocycles. The van der Waals surface area contributed by atoms with Gasteiger partial charge in [0.05, 0.1) is 0 Å². The Balaban J connectivity index is 0.00000288. The van der Waals surface area contributed by atoms with Crippen molar-refractivity contribution in [3.63, 3.8) is 0 Å². The van der Waals surface area contributed by atoms with E-state index in [0.717, 1.165) is 19.0 Å².